The fraction of sp³-hybridized carbons (Fsp3) is 0.423. The lowest BCUT2D eigenvalue weighted by atomic mass is 9.85. The average Bonchev–Trinajstić information content (AvgIpc) is 3.41. The highest BCUT2D eigenvalue weighted by atomic mass is 16.6. The van der Waals surface area contributed by atoms with Crippen LogP contribution in [0.15, 0.2) is 110 Å². The summed E-state index contributed by atoms with van der Waals surface area (Å²) < 4.78 is 24.2. The standard InChI is InChI=1S/C26H31N3O8.C26H31N3O7/c1-17(30)22(24(32)33)27-23(31)19-11-8-13-28(15-19)16-37-26(35)29-14-7-6-12-20(29)21(25(34)36-2)18-9-4-3-5-10-18;1-18(31)21(16-30)27-24(32)20-11-8-13-28(15-20)17-36-26(34)29-14-7-6-12-22(29)23(25(33)35-2)19-9-4-3-5-10-19/h3-5,8-11,13,15,17,20-22,30H,6-7,12,14,16H2,1-2H3,(H-,27,31,32,33);3-5,8-11,13,15,21-23,30H,6-7,12,14,16-17H2,1-2H3/p+2. The molecule has 0 radical (unpaired) electrons. The number of aromatic nitrogens is 2. The number of ketones is 1. The van der Waals surface area contributed by atoms with Gasteiger partial charge in [-0.15, -0.1) is 0 Å². The molecule has 0 bridgehead atoms. The number of nitrogens with one attached hydrogen (secondary N) is 2. The molecule has 6 rings (SSSR count). The summed E-state index contributed by atoms with van der Waals surface area (Å²) in [6, 6.07) is 21.3. The van der Waals surface area contributed by atoms with Crippen molar-refractivity contribution in [1.82, 2.24) is 20.4 Å². The van der Waals surface area contributed by atoms with E-state index >= 15 is 0 Å². The molecule has 2 aromatic heterocycles. The summed E-state index contributed by atoms with van der Waals surface area (Å²) in [6.45, 7) is 2.54. The van der Waals surface area contributed by atoms with Crippen LogP contribution in [0.1, 0.15) is 96.1 Å². The van der Waals surface area contributed by atoms with Crippen molar-refractivity contribution in [3.05, 3.63) is 132 Å². The molecule has 21 heteroatoms. The maximum atomic E-state index is 13.1. The van der Waals surface area contributed by atoms with E-state index in [0.717, 1.165) is 36.8 Å². The average molecular weight is 1010 g/mol. The summed E-state index contributed by atoms with van der Waals surface area (Å²) in [5.41, 5.74) is 1.88. The number of Topliss-reactive ketones (excluding diaryl/α,β-unsaturated/α-hetero) is 1. The molecule has 4 heterocycles. The molecule has 2 aromatic carbocycles. The van der Waals surface area contributed by atoms with Crippen molar-refractivity contribution >= 4 is 47.7 Å². The second-order valence-corrected chi connectivity index (χ2v) is 17.5. The number of carboxylic acid groups (broad SMARTS) is 1. The number of aliphatic hydroxyl groups is 2. The van der Waals surface area contributed by atoms with Crippen LogP contribution in [0.3, 0.4) is 0 Å². The van der Waals surface area contributed by atoms with E-state index in [0.29, 0.717) is 25.9 Å². The van der Waals surface area contributed by atoms with Crippen LogP contribution in [0.25, 0.3) is 0 Å². The number of esters is 2. The van der Waals surface area contributed by atoms with Crippen LogP contribution in [0, 0.1) is 0 Å². The second-order valence-electron chi connectivity index (χ2n) is 17.5. The van der Waals surface area contributed by atoms with Gasteiger partial charge in [-0.1, -0.05) is 60.7 Å². The third kappa shape index (κ3) is 15.6. The summed E-state index contributed by atoms with van der Waals surface area (Å²) in [5, 5.41) is 32.8. The highest BCUT2D eigenvalue weighted by Gasteiger charge is 2.41. The number of pyridine rings is 2. The van der Waals surface area contributed by atoms with Gasteiger partial charge in [0.1, 0.15) is 29.0 Å². The smallest absolute Gasteiger partial charge is 0.414 e. The van der Waals surface area contributed by atoms with E-state index in [-0.39, 0.29) is 30.4 Å². The van der Waals surface area contributed by atoms with Gasteiger partial charge in [0, 0.05) is 25.2 Å². The Morgan fingerprint density at radius 2 is 1.07 bits per heavy atom. The van der Waals surface area contributed by atoms with Gasteiger partial charge in [-0.2, -0.15) is 9.13 Å². The summed E-state index contributed by atoms with van der Waals surface area (Å²) in [5.74, 6) is -5.09. The van der Waals surface area contributed by atoms with Crippen LogP contribution in [0.2, 0.25) is 0 Å². The number of hydrogen-bond donors (Lipinski definition) is 5. The Bertz CT molecular complexity index is 2530. The number of aliphatic carboxylic acids is 1. The molecule has 2 aliphatic heterocycles. The lowest BCUT2D eigenvalue weighted by molar-refractivity contribution is -0.727. The van der Waals surface area contributed by atoms with Crippen LogP contribution in [0.4, 0.5) is 9.59 Å². The molecule has 7 atom stereocenters. The van der Waals surface area contributed by atoms with Gasteiger partial charge in [0.15, 0.2) is 36.6 Å². The molecule has 4 aromatic rings. The largest absolute Gasteiger partial charge is 0.480 e. The molecule has 4 amide bonds. The van der Waals surface area contributed by atoms with E-state index in [9.17, 15) is 53.7 Å². The first-order valence-corrected chi connectivity index (χ1v) is 23.8. The van der Waals surface area contributed by atoms with Crippen molar-refractivity contribution in [2.75, 3.05) is 33.9 Å². The first-order valence-electron chi connectivity index (χ1n) is 23.8. The molecule has 21 nitrogen and oxygen atoms in total. The normalized spacial score (nSPS) is 17.3. The molecule has 73 heavy (non-hydrogen) atoms. The van der Waals surface area contributed by atoms with Crippen LogP contribution < -0.4 is 19.8 Å². The van der Waals surface area contributed by atoms with Gasteiger partial charge in [-0.3, -0.25) is 24.0 Å². The van der Waals surface area contributed by atoms with Gasteiger partial charge in [-0.25, -0.2) is 14.4 Å². The number of benzene rings is 2. The summed E-state index contributed by atoms with van der Waals surface area (Å²) >= 11 is 0. The van der Waals surface area contributed by atoms with Crippen LogP contribution in [0.5, 0.6) is 0 Å². The van der Waals surface area contributed by atoms with Crippen molar-refractivity contribution in [3.63, 3.8) is 0 Å². The van der Waals surface area contributed by atoms with Gasteiger partial charge in [0.05, 0.1) is 39.0 Å². The number of rotatable bonds is 18. The first kappa shape index (κ1) is 56.1. The fourth-order valence-corrected chi connectivity index (χ4v) is 8.70. The second kappa shape index (κ2) is 27.7. The lowest BCUT2D eigenvalue weighted by Crippen LogP contribution is -2.50. The number of ether oxygens (including phenoxy) is 4. The Hall–Kier alpha value is -7.78. The van der Waals surface area contributed by atoms with E-state index in [4.69, 9.17) is 18.9 Å². The van der Waals surface area contributed by atoms with Gasteiger partial charge in [0.2, 0.25) is 0 Å². The summed E-state index contributed by atoms with van der Waals surface area (Å²) in [7, 11) is 2.66. The monoisotopic (exact) mass is 1010 g/mol. The highest BCUT2D eigenvalue weighted by Crippen LogP contribution is 2.33. The van der Waals surface area contributed by atoms with Crippen molar-refractivity contribution in [2.24, 2.45) is 0 Å². The number of methoxy groups -OCH3 is 2. The van der Waals surface area contributed by atoms with Crippen molar-refractivity contribution in [3.8, 4) is 0 Å². The minimum absolute atomic E-state index is 0.121. The first-order chi connectivity index (χ1) is 35.1. The number of hydrogen-bond acceptors (Lipinski definition) is 14. The zero-order chi connectivity index (χ0) is 53.0. The zero-order valence-corrected chi connectivity index (χ0v) is 41.2. The van der Waals surface area contributed by atoms with Gasteiger partial charge in [0.25, 0.3) is 25.3 Å². The summed E-state index contributed by atoms with van der Waals surface area (Å²) in [4.78, 5) is 102. The zero-order valence-electron chi connectivity index (χ0n) is 41.2. The Balaban J connectivity index is 0.000000271. The van der Waals surface area contributed by atoms with Crippen molar-refractivity contribution in [2.45, 2.75) is 108 Å². The molecule has 390 valence electrons. The number of carbonyl (C=O) groups excluding carboxylic acids is 7. The van der Waals surface area contributed by atoms with Crippen molar-refractivity contribution < 1.29 is 81.8 Å². The van der Waals surface area contributed by atoms with E-state index < -0.39 is 90.6 Å². The molecule has 2 fully saturated rings. The Kier molecular flexibility index (Phi) is 21.3. The van der Waals surface area contributed by atoms with Crippen LogP contribution in [-0.2, 0) is 51.6 Å². The fourth-order valence-electron chi connectivity index (χ4n) is 8.70. The van der Waals surface area contributed by atoms with E-state index in [1.807, 2.05) is 60.7 Å². The highest BCUT2D eigenvalue weighted by molar-refractivity contribution is 5.97. The molecule has 0 aliphatic carbocycles. The Morgan fingerprint density at radius 1 is 0.644 bits per heavy atom. The molecule has 7 unspecified atom stereocenters. The van der Waals surface area contributed by atoms with E-state index in [1.165, 1.54) is 55.7 Å². The predicted molar refractivity (Wildman–Crippen MR) is 257 cm³/mol. The molecular formula is C52H64N6O15+2. The molecule has 0 saturated carbocycles. The number of carbonyl (C=O) groups is 8. The number of amides is 4. The molecule has 5 N–H and O–H groups in total. The topological polar surface area (TPSA) is 272 Å². The lowest BCUT2D eigenvalue weighted by Gasteiger charge is -2.38. The van der Waals surface area contributed by atoms with Crippen LogP contribution >= 0.6 is 0 Å². The number of carboxylic acids is 1. The van der Waals surface area contributed by atoms with E-state index in [1.54, 1.807) is 40.4 Å². The number of likely N-dealkylation sites (tertiary alicyclic amines) is 2. The van der Waals surface area contributed by atoms with E-state index in [2.05, 4.69) is 10.6 Å². The molecule has 2 saturated heterocycles. The third-order valence-corrected chi connectivity index (χ3v) is 12.5. The predicted octanol–water partition coefficient (Wildman–Crippen LogP) is 3.00. The maximum Gasteiger partial charge on any atom is 0.414 e. The number of piperidine rings is 2. The minimum atomic E-state index is -1.47. The Labute approximate surface area is 422 Å². The molecular weight excluding hydrogens is 949 g/mol. The van der Waals surface area contributed by atoms with Gasteiger partial charge in [-0.05, 0) is 75.6 Å². The van der Waals surface area contributed by atoms with Gasteiger partial charge >= 0.3 is 30.1 Å². The van der Waals surface area contributed by atoms with Crippen LogP contribution in [-0.4, -0.2) is 137 Å². The minimum Gasteiger partial charge on any atom is -0.480 e. The maximum absolute atomic E-state index is 13.1. The quantitative estimate of drug-likeness (QED) is 0.0545. The molecule has 0 spiro atoms. The third-order valence-electron chi connectivity index (χ3n) is 12.5. The SMILES string of the molecule is COC(=O)C(c1ccccc1)C1CCCCN1C(=O)OC[n+]1cccc(C(=O)NC(C(=O)O)C(C)O)c1.COC(=O)C(c1ccccc1)C1CCCCN1C(=O)OC[n+]1cccc(C(=O)NC(CO)C(C)=O)c1. The van der Waals surface area contributed by atoms with Gasteiger partial charge < -0.3 is 54.7 Å². The van der Waals surface area contributed by atoms with Crippen molar-refractivity contribution in [1.29, 1.82) is 0 Å². The molecule has 2 aliphatic rings. The summed E-state index contributed by atoms with van der Waals surface area (Å²) in [6.07, 6.45) is 8.17. The number of aliphatic hydroxyl groups excluding tert-OH is 2. The number of nitrogens with zero attached hydrogens (tertiary/aromatic N) is 4. The Morgan fingerprint density at radius 3 is 1.44 bits per heavy atom.